The molecule has 0 aliphatic carbocycles. The number of rotatable bonds is 2. The Bertz CT molecular complexity index is 397. The lowest BCUT2D eigenvalue weighted by Crippen LogP contribution is -1.89. The van der Waals surface area contributed by atoms with Gasteiger partial charge in [0.2, 0.25) is 0 Å². The van der Waals surface area contributed by atoms with Crippen LogP contribution in [0.5, 0.6) is 0 Å². The molecule has 72 valence electrons. The van der Waals surface area contributed by atoms with Crippen molar-refractivity contribution in [1.82, 2.24) is 0 Å². The quantitative estimate of drug-likeness (QED) is 0.701. The number of aryl methyl sites for hydroxylation is 1. The van der Waals surface area contributed by atoms with Gasteiger partial charge in [0.1, 0.15) is 0 Å². The molecule has 0 atom stereocenters. The zero-order valence-corrected chi connectivity index (χ0v) is 8.76. The van der Waals surface area contributed by atoms with E-state index in [1.54, 1.807) is 0 Å². The third kappa shape index (κ3) is 2.37. The van der Waals surface area contributed by atoms with Crippen LogP contribution in [-0.4, -0.2) is 7.05 Å². The Hall–Kier alpha value is -1.75. The lowest BCUT2D eigenvalue weighted by molar-refractivity contribution is 1.40. The maximum Gasteiger partial charge on any atom is 0.163 e. The molecule has 14 heavy (non-hydrogen) atoms. The van der Waals surface area contributed by atoms with Gasteiger partial charge in [-0.25, -0.2) is 4.85 Å². The third-order valence-corrected chi connectivity index (χ3v) is 2.10. The molecule has 2 heteroatoms. The second-order valence-electron chi connectivity index (χ2n) is 3.22. The van der Waals surface area contributed by atoms with E-state index in [2.05, 4.69) is 16.2 Å². The highest BCUT2D eigenvalue weighted by Gasteiger charge is 1.96. The summed E-state index contributed by atoms with van der Waals surface area (Å²) in [5, 5.41) is 3.08. The molecule has 0 fully saturated rings. The van der Waals surface area contributed by atoms with E-state index in [1.807, 2.05) is 39.1 Å². The van der Waals surface area contributed by atoms with E-state index in [9.17, 15) is 0 Å². The summed E-state index contributed by atoms with van der Waals surface area (Å²) in [6.45, 7) is 10.7. The average Bonchev–Trinajstić information content (AvgIpc) is 2.20. The fourth-order valence-corrected chi connectivity index (χ4v) is 1.25. The predicted octanol–water partition coefficient (Wildman–Crippen LogP) is 3.32. The molecular formula is C12H14N2. The molecule has 0 bridgehead atoms. The molecule has 0 amide bonds. The van der Waals surface area contributed by atoms with Crippen LogP contribution >= 0.6 is 0 Å². The van der Waals surface area contributed by atoms with E-state index in [-0.39, 0.29) is 0 Å². The fourth-order valence-electron chi connectivity index (χ4n) is 1.25. The smallest absolute Gasteiger partial charge is 0.163 e. The van der Waals surface area contributed by atoms with Gasteiger partial charge >= 0.3 is 0 Å². The number of hydrogen-bond acceptors (Lipinski definition) is 1. The second-order valence-corrected chi connectivity index (χ2v) is 3.22. The molecule has 1 aromatic rings. The zero-order chi connectivity index (χ0) is 10.6. The number of hydrogen-bond donors (Lipinski definition) is 1. The minimum Gasteiger partial charge on any atom is -0.388 e. The topological polar surface area (TPSA) is 16.4 Å². The molecule has 0 heterocycles. The number of benzene rings is 1. The molecule has 1 aromatic carbocycles. The summed E-state index contributed by atoms with van der Waals surface area (Å²) in [5.41, 5.74) is 4.10. The molecular weight excluding hydrogens is 172 g/mol. The normalized spacial score (nSPS) is 10.9. The summed E-state index contributed by atoms with van der Waals surface area (Å²) in [4.78, 5) is 3.36. The van der Waals surface area contributed by atoms with Crippen LogP contribution in [0.3, 0.4) is 0 Å². The zero-order valence-electron chi connectivity index (χ0n) is 8.76. The van der Waals surface area contributed by atoms with Crippen molar-refractivity contribution in [3.05, 3.63) is 46.4 Å². The maximum atomic E-state index is 6.85. The highest BCUT2D eigenvalue weighted by Crippen LogP contribution is 2.17. The molecule has 0 unspecified atom stereocenters. The van der Waals surface area contributed by atoms with Gasteiger partial charge in [0, 0.05) is 12.7 Å². The summed E-state index contributed by atoms with van der Waals surface area (Å²) >= 11 is 0. The van der Waals surface area contributed by atoms with Gasteiger partial charge in [-0.1, -0.05) is 12.1 Å². The highest BCUT2D eigenvalue weighted by atomic mass is 14.8. The Morgan fingerprint density at radius 2 is 2.21 bits per heavy atom. The van der Waals surface area contributed by atoms with Crippen LogP contribution in [0.1, 0.15) is 18.1 Å². The van der Waals surface area contributed by atoms with Gasteiger partial charge in [-0.15, -0.1) is 0 Å². The van der Waals surface area contributed by atoms with Crippen LogP contribution in [-0.2, 0) is 0 Å². The van der Waals surface area contributed by atoms with E-state index in [4.69, 9.17) is 6.57 Å². The van der Waals surface area contributed by atoms with E-state index in [0.717, 1.165) is 11.3 Å². The van der Waals surface area contributed by atoms with Gasteiger partial charge in [-0.05, 0) is 37.1 Å². The van der Waals surface area contributed by atoms with Gasteiger partial charge < -0.3 is 5.32 Å². The molecule has 0 saturated carbocycles. The van der Waals surface area contributed by atoms with Gasteiger partial charge in [0.25, 0.3) is 0 Å². The van der Waals surface area contributed by atoms with Crippen molar-refractivity contribution in [2.75, 3.05) is 12.4 Å². The summed E-state index contributed by atoms with van der Waals surface area (Å²) in [7, 11) is 1.90. The monoisotopic (exact) mass is 186 g/mol. The second kappa shape index (κ2) is 4.48. The Kier molecular flexibility index (Phi) is 3.30. The summed E-state index contributed by atoms with van der Waals surface area (Å²) in [6.07, 6.45) is 1.90. The Labute approximate surface area is 85.1 Å². The largest absolute Gasteiger partial charge is 0.388 e. The first kappa shape index (κ1) is 10.3. The van der Waals surface area contributed by atoms with Crippen LogP contribution in [0.2, 0.25) is 0 Å². The molecule has 0 radical (unpaired) electrons. The predicted molar refractivity (Wildman–Crippen MR) is 61.0 cm³/mol. The molecule has 0 saturated heterocycles. The van der Waals surface area contributed by atoms with Crippen molar-refractivity contribution in [3.8, 4) is 0 Å². The van der Waals surface area contributed by atoms with Crippen molar-refractivity contribution in [2.24, 2.45) is 0 Å². The van der Waals surface area contributed by atoms with E-state index in [1.165, 1.54) is 5.56 Å². The number of anilines is 1. The SMILES string of the molecule is [C-]#[N+]/C(C)=C/c1ccc(NC)cc1C. The van der Waals surface area contributed by atoms with Gasteiger partial charge in [0.15, 0.2) is 5.70 Å². The van der Waals surface area contributed by atoms with Crippen molar-refractivity contribution < 1.29 is 0 Å². The third-order valence-electron chi connectivity index (χ3n) is 2.10. The molecule has 0 aromatic heterocycles. The first-order valence-corrected chi connectivity index (χ1v) is 4.51. The van der Waals surface area contributed by atoms with Crippen LogP contribution in [0.4, 0.5) is 5.69 Å². The van der Waals surface area contributed by atoms with Crippen molar-refractivity contribution in [2.45, 2.75) is 13.8 Å². The molecule has 1 N–H and O–H groups in total. The molecule has 0 aliphatic rings. The van der Waals surface area contributed by atoms with Crippen LogP contribution in [0, 0.1) is 13.5 Å². The first-order valence-electron chi connectivity index (χ1n) is 4.51. The van der Waals surface area contributed by atoms with Crippen molar-refractivity contribution in [1.29, 1.82) is 0 Å². The molecule has 1 rings (SSSR count). The van der Waals surface area contributed by atoms with Gasteiger partial charge in [-0.3, -0.25) is 0 Å². The number of allylic oxidation sites excluding steroid dienone is 1. The summed E-state index contributed by atoms with van der Waals surface area (Å²) in [5.74, 6) is 0. The average molecular weight is 186 g/mol. The fraction of sp³-hybridized carbons (Fsp3) is 0.250. The number of nitrogens with one attached hydrogen (secondary N) is 1. The van der Waals surface area contributed by atoms with Gasteiger partial charge in [-0.2, -0.15) is 0 Å². The van der Waals surface area contributed by atoms with Gasteiger partial charge in [0.05, 0.1) is 6.57 Å². The standard InChI is InChI=1S/C12H14N2/c1-9-7-12(14-4)6-5-11(9)8-10(2)13-3/h5-8,14H,1-2,4H3/b10-8+. The van der Waals surface area contributed by atoms with E-state index < -0.39 is 0 Å². The Morgan fingerprint density at radius 1 is 1.50 bits per heavy atom. The van der Waals surface area contributed by atoms with E-state index >= 15 is 0 Å². The number of nitrogens with zero attached hydrogens (tertiary/aromatic N) is 1. The lowest BCUT2D eigenvalue weighted by atomic mass is 10.1. The minimum absolute atomic E-state index is 0.713. The van der Waals surface area contributed by atoms with Crippen LogP contribution in [0.15, 0.2) is 23.9 Å². The molecule has 0 spiro atoms. The van der Waals surface area contributed by atoms with Crippen LogP contribution < -0.4 is 5.32 Å². The minimum atomic E-state index is 0.713. The first-order chi connectivity index (χ1) is 6.67. The maximum absolute atomic E-state index is 6.85. The summed E-state index contributed by atoms with van der Waals surface area (Å²) in [6, 6.07) is 6.11. The van der Waals surface area contributed by atoms with E-state index in [0.29, 0.717) is 5.70 Å². The van der Waals surface area contributed by atoms with Crippen LogP contribution in [0.25, 0.3) is 10.9 Å². The summed E-state index contributed by atoms with van der Waals surface area (Å²) < 4.78 is 0. The Morgan fingerprint density at radius 3 is 2.71 bits per heavy atom. The van der Waals surface area contributed by atoms with Crippen molar-refractivity contribution >= 4 is 11.8 Å². The molecule has 2 nitrogen and oxygen atoms in total. The Balaban J connectivity index is 3.08. The highest BCUT2D eigenvalue weighted by molar-refractivity contribution is 5.61. The van der Waals surface area contributed by atoms with Crippen molar-refractivity contribution in [3.63, 3.8) is 0 Å². The molecule has 0 aliphatic heterocycles. The lowest BCUT2D eigenvalue weighted by Gasteiger charge is -2.04.